The Bertz CT molecular complexity index is 3270. The summed E-state index contributed by atoms with van der Waals surface area (Å²) in [5.41, 5.74) is 16.5. The maximum Gasteiger partial charge on any atom is 0.0619 e. The minimum Gasteiger partial charge on any atom is -0.310 e. The fraction of sp³-hybridized carbons (Fsp3) is 0. The zero-order valence-corrected chi connectivity index (χ0v) is 33.0. The van der Waals surface area contributed by atoms with Gasteiger partial charge in [-0.2, -0.15) is 0 Å². The van der Waals surface area contributed by atoms with Gasteiger partial charge in [0.1, 0.15) is 0 Å². The molecule has 0 radical (unpaired) electrons. The van der Waals surface area contributed by atoms with E-state index in [0.29, 0.717) is 0 Å². The molecular weight excluding hydrogens is 725 g/mol. The largest absolute Gasteiger partial charge is 0.310 e. The number of rotatable bonds is 8. The highest BCUT2D eigenvalue weighted by Gasteiger charge is 2.19. The van der Waals surface area contributed by atoms with Crippen LogP contribution in [0.25, 0.3) is 82.8 Å². The zero-order chi connectivity index (χ0) is 39.8. The molecule has 0 aliphatic carbocycles. The molecule has 0 unspecified atom stereocenters. The third-order valence-corrected chi connectivity index (χ3v) is 11.8. The predicted octanol–water partition coefficient (Wildman–Crippen LogP) is 16.1. The van der Waals surface area contributed by atoms with Gasteiger partial charge in [0.2, 0.25) is 0 Å². The molecule has 0 saturated heterocycles. The van der Waals surface area contributed by atoms with Crippen LogP contribution in [0.15, 0.2) is 243 Å². The summed E-state index contributed by atoms with van der Waals surface area (Å²) >= 11 is 0. The van der Waals surface area contributed by atoms with Crippen molar-refractivity contribution in [1.82, 2.24) is 4.57 Å². The van der Waals surface area contributed by atoms with E-state index >= 15 is 0 Å². The molecule has 2 nitrogen and oxygen atoms in total. The molecule has 0 atom stereocenters. The monoisotopic (exact) mass is 764 g/mol. The van der Waals surface area contributed by atoms with E-state index in [1.54, 1.807) is 0 Å². The molecule has 10 aromatic carbocycles. The Morgan fingerprint density at radius 3 is 1.43 bits per heavy atom. The lowest BCUT2D eigenvalue weighted by molar-refractivity contribution is 1.18. The first-order valence-electron chi connectivity index (χ1n) is 20.6. The summed E-state index contributed by atoms with van der Waals surface area (Å²) in [6, 6.07) is 87.7. The van der Waals surface area contributed by atoms with E-state index in [4.69, 9.17) is 0 Å². The Hall–Kier alpha value is -7.94. The van der Waals surface area contributed by atoms with Gasteiger partial charge in [-0.3, -0.25) is 0 Å². The van der Waals surface area contributed by atoms with Crippen molar-refractivity contribution in [1.29, 1.82) is 0 Å². The molecule has 11 aromatic rings. The summed E-state index contributed by atoms with van der Waals surface area (Å²) in [7, 11) is 0. The van der Waals surface area contributed by atoms with Gasteiger partial charge < -0.3 is 9.47 Å². The van der Waals surface area contributed by atoms with E-state index in [0.717, 1.165) is 22.7 Å². The number of hydrogen-bond donors (Lipinski definition) is 0. The quantitative estimate of drug-likeness (QED) is 0.150. The fourth-order valence-electron chi connectivity index (χ4n) is 8.94. The molecule has 0 aliphatic rings. The minimum atomic E-state index is 1.11. The lowest BCUT2D eigenvalue weighted by atomic mass is 9.98. The molecule has 0 aliphatic heterocycles. The van der Waals surface area contributed by atoms with Gasteiger partial charge in [0, 0.05) is 38.7 Å². The van der Waals surface area contributed by atoms with Crippen LogP contribution >= 0.6 is 0 Å². The zero-order valence-electron chi connectivity index (χ0n) is 33.0. The Balaban J connectivity index is 0.964. The Labute approximate surface area is 350 Å². The third kappa shape index (κ3) is 6.23. The van der Waals surface area contributed by atoms with E-state index in [2.05, 4.69) is 252 Å². The first kappa shape index (κ1) is 35.2. The highest BCUT2D eigenvalue weighted by molar-refractivity contribution is 6.14. The highest BCUT2D eigenvalue weighted by atomic mass is 15.1. The highest BCUT2D eigenvalue weighted by Crippen LogP contribution is 2.42. The molecular formula is C58H40N2. The van der Waals surface area contributed by atoms with E-state index in [9.17, 15) is 0 Å². The first-order valence-corrected chi connectivity index (χ1v) is 20.6. The standard InChI is InChI=1S/C58H40N2/c1-3-15-41(16-4-1)43-33-37-48(38-34-43)59(55-28-13-20-45-19-7-8-21-50(45)55)49-39-35-44(36-40-49)42-29-31-47(32-30-42)51-22-9-11-26-56(51)60-57-27-12-10-23-53(57)54-25-14-24-52(58(54)60)46-17-5-2-6-18-46/h1-40H. The summed E-state index contributed by atoms with van der Waals surface area (Å²) in [5.74, 6) is 0. The summed E-state index contributed by atoms with van der Waals surface area (Å²) in [6.07, 6.45) is 0. The molecule has 0 amide bonds. The molecule has 60 heavy (non-hydrogen) atoms. The van der Waals surface area contributed by atoms with Crippen molar-refractivity contribution >= 4 is 49.6 Å². The third-order valence-electron chi connectivity index (χ3n) is 11.8. The van der Waals surface area contributed by atoms with Gasteiger partial charge in [-0.15, -0.1) is 0 Å². The molecule has 0 spiro atoms. The summed E-state index contributed by atoms with van der Waals surface area (Å²) in [6.45, 7) is 0. The molecule has 0 N–H and O–H groups in total. The van der Waals surface area contributed by atoms with Crippen molar-refractivity contribution in [2.24, 2.45) is 0 Å². The molecule has 2 heteroatoms. The van der Waals surface area contributed by atoms with Gasteiger partial charge in [0.15, 0.2) is 0 Å². The van der Waals surface area contributed by atoms with E-state index in [-0.39, 0.29) is 0 Å². The molecule has 0 saturated carbocycles. The minimum absolute atomic E-state index is 1.11. The average molecular weight is 765 g/mol. The molecule has 1 aromatic heterocycles. The van der Waals surface area contributed by atoms with Crippen LogP contribution in [0.4, 0.5) is 17.1 Å². The van der Waals surface area contributed by atoms with Crippen molar-refractivity contribution in [3.8, 4) is 50.2 Å². The van der Waals surface area contributed by atoms with Crippen LogP contribution in [0.2, 0.25) is 0 Å². The van der Waals surface area contributed by atoms with Crippen LogP contribution in [0.3, 0.4) is 0 Å². The topological polar surface area (TPSA) is 8.17 Å². The van der Waals surface area contributed by atoms with Crippen LogP contribution in [0.1, 0.15) is 0 Å². The Morgan fingerprint density at radius 1 is 0.283 bits per heavy atom. The maximum atomic E-state index is 2.46. The number of fused-ring (bicyclic) bond motifs is 4. The van der Waals surface area contributed by atoms with Crippen LogP contribution in [-0.4, -0.2) is 4.57 Å². The Kier molecular flexibility index (Phi) is 8.87. The van der Waals surface area contributed by atoms with Crippen molar-refractivity contribution in [3.05, 3.63) is 243 Å². The van der Waals surface area contributed by atoms with Gasteiger partial charge in [0.05, 0.1) is 22.4 Å². The fourth-order valence-corrected chi connectivity index (χ4v) is 8.94. The number of hydrogen-bond acceptors (Lipinski definition) is 1. The maximum absolute atomic E-state index is 2.46. The SMILES string of the molecule is c1ccc(-c2ccc(N(c3ccc(-c4ccc(-c5ccccc5-n5c6ccccc6c6cccc(-c7ccccc7)c65)cc4)cc3)c3cccc4ccccc34)cc2)cc1. The van der Waals surface area contributed by atoms with Crippen molar-refractivity contribution < 1.29 is 0 Å². The number of para-hydroxylation sites is 3. The van der Waals surface area contributed by atoms with Gasteiger partial charge in [-0.25, -0.2) is 0 Å². The lowest BCUT2D eigenvalue weighted by Crippen LogP contribution is -2.10. The molecule has 11 rings (SSSR count). The molecule has 1 heterocycles. The summed E-state index contributed by atoms with van der Waals surface area (Å²) in [4.78, 5) is 2.37. The predicted molar refractivity (Wildman–Crippen MR) is 255 cm³/mol. The summed E-state index contributed by atoms with van der Waals surface area (Å²) in [5, 5.41) is 4.93. The average Bonchev–Trinajstić information content (AvgIpc) is 3.67. The van der Waals surface area contributed by atoms with Gasteiger partial charge in [0.25, 0.3) is 0 Å². The van der Waals surface area contributed by atoms with Crippen molar-refractivity contribution in [3.63, 3.8) is 0 Å². The van der Waals surface area contributed by atoms with Gasteiger partial charge in [-0.05, 0) is 81.2 Å². The van der Waals surface area contributed by atoms with E-state index in [1.807, 2.05) is 0 Å². The van der Waals surface area contributed by atoms with Crippen LogP contribution in [0.5, 0.6) is 0 Å². The Morgan fingerprint density at radius 2 is 0.733 bits per heavy atom. The smallest absolute Gasteiger partial charge is 0.0619 e. The second kappa shape index (κ2) is 15.1. The number of anilines is 3. The van der Waals surface area contributed by atoms with Crippen LogP contribution in [0, 0.1) is 0 Å². The van der Waals surface area contributed by atoms with Crippen LogP contribution in [-0.2, 0) is 0 Å². The molecule has 282 valence electrons. The second-order valence-electron chi connectivity index (χ2n) is 15.3. The van der Waals surface area contributed by atoms with E-state index < -0.39 is 0 Å². The van der Waals surface area contributed by atoms with Gasteiger partial charge >= 0.3 is 0 Å². The summed E-state index contributed by atoms with van der Waals surface area (Å²) < 4.78 is 2.46. The second-order valence-corrected chi connectivity index (χ2v) is 15.3. The first-order chi connectivity index (χ1) is 29.8. The van der Waals surface area contributed by atoms with Gasteiger partial charge in [-0.1, -0.05) is 200 Å². The lowest BCUT2D eigenvalue weighted by Gasteiger charge is -2.27. The van der Waals surface area contributed by atoms with Crippen LogP contribution < -0.4 is 4.90 Å². The number of benzene rings is 10. The molecule has 0 bridgehead atoms. The number of nitrogens with zero attached hydrogens (tertiary/aromatic N) is 2. The molecule has 0 fully saturated rings. The normalized spacial score (nSPS) is 11.3. The van der Waals surface area contributed by atoms with Crippen molar-refractivity contribution in [2.75, 3.05) is 4.90 Å². The van der Waals surface area contributed by atoms with Crippen molar-refractivity contribution in [2.45, 2.75) is 0 Å². The number of aromatic nitrogens is 1. The van der Waals surface area contributed by atoms with E-state index in [1.165, 1.54) is 77.1 Å².